The molecule has 0 spiro atoms. The van der Waals surface area contributed by atoms with E-state index in [2.05, 4.69) is 16.0 Å². The summed E-state index contributed by atoms with van der Waals surface area (Å²) in [6.07, 6.45) is -0.995. The monoisotopic (exact) mass is 422 g/mol. The van der Waals surface area contributed by atoms with Gasteiger partial charge in [0.25, 0.3) is 0 Å². The third-order valence-corrected chi connectivity index (χ3v) is 4.37. The number of aliphatic hydroxyl groups is 1. The SMILES string of the molecule is CC(C)C(NC(=O)C(NC(=O)CNC(=O)C(N)Cc1ccccc1)C(C)O)C(=O)O. The number of aliphatic carboxylic acids is 1. The molecule has 0 saturated carbocycles. The first-order valence-electron chi connectivity index (χ1n) is 9.60. The molecule has 1 rings (SSSR count). The van der Waals surface area contributed by atoms with Gasteiger partial charge in [-0.05, 0) is 24.8 Å². The Morgan fingerprint density at radius 3 is 2.07 bits per heavy atom. The predicted molar refractivity (Wildman–Crippen MR) is 109 cm³/mol. The number of carboxylic acids is 1. The van der Waals surface area contributed by atoms with Crippen molar-refractivity contribution in [3.05, 3.63) is 35.9 Å². The lowest BCUT2D eigenvalue weighted by Gasteiger charge is -2.25. The van der Waals surface area contributed by atoms with Gasteiger partial charge in [0, 0.05) is 0 Å². The second-order valence-corrected chi connectivity index (χ2v) is 7.37. The lowest BCUT2D eigenvalue weighted by atomic mass is 10.0. The van der Waals surface area contributed by atoms with Gasteiger partial charge in [0.2, 0.25) is 17.7 Å². The summed E-state index contributed by atoms with van der Waals surface area (Å²) in [7, 11) is 0. The molecule has 0 aliphatic rings. The van der Waals surface area contributed by atoms with E-state index in [9.17, 15) is 29.4 Å². The molecule has 4 unspecified atom stereocenters. The largest absolute Gasteiger partial charge is 0.480 e. The molecule has 0 bridgehead atoms. The van der Waals surface area contributed by atoms with E-state index in [0.717, 1.165) is 5.56 Å². The van der Waals surface area contributed by atoms with Gasteiger partial charge in [0.15, 0.2) is 0 Å². The summed E-state index contributed by atoms with van der Waals surface area (Å²) < 4.78 is 0. The number of hydrogen-bond donors (Lipinski definition) is 6. The summed E-state index contributed by atoms with van der Waals surface area (Å²) in [5, 5.41) is 26.0. The van der Waals surface area contributed by atoms with Crippen LogP contribution in [0.5, 0.6) is 0 Å². The summed E-state index contributed by atoms with van der Waals surface area (Å²) in [6.45, 7) is 4.06. The highest BCUT2D eigenvalue weighted by Crippen LogP contribution is 2.04. The van der Waals surface area contributed by atoms with Gasteiger partial charge in [-0.1, -0.05) is 44.2 Å². The van der Waals surface area contributed by atoms with Crippen molar-refractivity contribution in [3.8, 4) is 0 Å². The summed E-state index contributed by atoms with van der Waals surface area (Å²) in [6, 6.07) is 5.72. The van der Waals surface area contributed by atoms with E-state index < -0.39 is 60.4 Å². The quantitative estimate of drug-likeness (QED) is 0.259. The molecule has 166 valence electrons. The molecule has 1 aromatic rings. The van der Waals surface area contributed by atoms with Crippen molar-refractivity contribution in [2.24, 2.45) is 11.7 Å². The van der Waals surface area contributed by atoms with E-state index in [-0.39, 0.29) is 0 Å². The highest BCUT2D eigenvalue weighted by molar-refractivity contribution is 5.92. The average molecular weight is 422 g/mol. The van der Waals surface area contributed by atoms with Crippen LogP contribution in [-0.4, -0.2) is 64.7 Å². The van der Waals surface area contributed by atoms with Gasteiger partial charge in [-0.3, -0.25) is 14.4 Å². The molecule has 0 heterocycles. The van der Waals surface area contributed by atoms with E-state index in [1.165, 1.54) is 6.92 Å². The Bertz CT molecular complexity index is 738. The zero-order chi connectivity index (χ0) is 22.8. The van der Waals surface area contributed by atoms with Crippen LogP contribution < -0.4 is 21.7 Å². The van der Waals surface area contributed by atoms with Crippen LogP contribution in [0.3, 0.4) is 0 Å². The van der Waals surface area contributed by atoms with Crippen molar-refractivity contribution in [2.75, 3.05) is 6.54 Å². The Hall–Kier alpha value is -2.98. The topological polar surface area (TPSA) is 171 Å². The number of carbonyl (C=O) groups excluding carboxylic acids is 3. The number of carbonyl (C=O) groups is 4. The number of aliphatic hydroxyl groups excluding tert-OH is 1. The number of amides is 3. The number of hydrogen-bond acceptors (Lipinski definition) is 6. The van der Waals surface area contributed by atoms with Crippen LogP contribution in [0.4, 0.5) is 0 Å². The molecule has 0 aliphatic carbocycles. The van der Waals surface area contributed by atoms with E-state index in [0.29, 0.717) is 6.42 Å². The molecule has 0 fully saturated rings. The minimum Gasteiger partial charge on any atom is -0.480 e. The Balaban J connectivity index is 2.59. The highest BCUT2D eigenvalue weighted by atomic mass is 16.4. The fourth-order valence-electron chi connectivity index (χ4n) is 2.65. The Labute approximate surface area is 175 Å². The van der Waals surface area contributed by atoms with Crippen LogP contribution in [0.2, 0.25) is 0 Å². The summed E-state index contributed by atoms with van der Waals surface area (Å²) in [4.78, 5) is 47.8. The van der Waals surface area contributed by atoms with Gasteiger partial charge >= 0.3 is 5.97 Å². The Morgan fingerprint density at radius 2 is 1.57 bits per heavy atom. The zero-order valence-electron chi connectivity index (χ0n) is 17.3. The van der Waals surface area contributed by atoms with Crippen molar-refractivity contribution in [2.45, 2.75) is 51.4 Å². The average Bonchev–Trinajstić information content (AvgIpc) is 2.68. The van der Waals surface area contributed by atoms with Crippen LogP contribution in [-0.2, 0) is 25.6 Å². The molecule has 0 aliphatic heterocycles. The third-order valence-electron chi connectivity index (χ3n) is 4.37. The molecule has 7 N–H and O–H groups in total. The van der Waals surface area contributed by atoms with E-state index >= 15 is 0 Å². The minimum absolute atomic E-state index is 0.290. The number of benzene rings is 1. The van der Waals surface area contributed by atoms with Gasteiger partial charge in [0.1, 0.15) is 12.1 Å². The van der Waals surface area contributed by atoms with Gasteiger partial charge in [-0.2, -0.15) is 0 Å². The van der Waals surface area contributed by atoms with E-state index in [1.54, 1.807) is 13.8 Å². The van der Waals surface area contributed by atoms with Crippen molar-refractivity contribution in [1.82, 2.24) is 16.0 Å². The molecule has 30 heavy (non-hydrogen) atoms. The van der Waals surface area contributed by atoms with Crippen molar-refractivity contribution in [1.29, 1.82) is 0 Å². The lowest BCUT2D eigenvalue weighted by Crippen LogP contribution is -2.58. The molecule has 0 radical (unpaired) electrons. The number of nitrogens with one attached hydrogen (secondary N) is 3. The number of rotatable bonds is 11. The van der Waals surface area contributed by atoms with Crippen molar-refractivity contribution >= 4 is 23.7 Å². The fourth-order valence-corrected chi connectivity index (χ4v) is 2.65. The predicted octanol–water partition coefficient (Wildman–Crippen LogP) is -1.24. The summed E-state index contributed by atoms with van der Waals surface area (Å²) >= 11 is 0. The first-order chi connectivity index (χ1) is 14.0. The molecular weight excluding hydrogens is 392 g/mol. The Morgan fingerprint density at radius 1 is 0.967 bits per heavy atom. The minimum atomic E-state index is -1.38. The maximum Gasteiger partial charge on any atom is 0.326 e. The molecular formula is C20H30N4O6. The van der Waals surface area contributed by atoms with E-state index in [1.807, 2.05) is 30.3 Å². The highest BCUT2D eigenvalue weighted by Gasteiger charge is 2.31. The maximum absolute atomic E-state index is 12.3. The molecule has 3 amide bonds. The first-order valence-corrected chi connectivity index (χ1v) is 9.60. The smallest absolute Gasteiger partial charge is 0.326 e. The van der Waals surface area contributed by atoms with Crippen LogP contribution in [0.25, 0.3) is 0 Å². The molecule has 0 aromatic heterocycles. The molecule has 4 atom stereocenters. The normalized spacial score (nSPS) is 14.9. The summed E-state index contributed by atoms with van der Waals surface area (Å²) in [5.74, 6) is -3.74. The molecule has 10 nitrogen and oxygen atoms in total. The summed E-state index contributed by atoms with van der Waals surface area (Å²) in [5.41, 5.74) is 6.71. The molecule has 0 saturated heterocycles. The Kier molecular flexibility index (Phi) is 9.93. The number of nitrogens with two attached hydrogens (primary N) is 1. The van der Waals surface area contributed by atoms with Crippen LogP contribution in [0.1, 0.15) is 26.3 Å². The van der Waals surface area contributed by atoms with Crippen LogP contribution in [0, 0.1) is 5.92 Å². The second kappa shape index (κ2) is 11.9. The van der Waals surface area contributed by atoms with Crippen LogP contribution in [0.15, 0.2) is 30.3 Å². The maximum atomic E-state index is 12.3. The number of carboxylic acid groups (broad SMARTS) is 1. The second-order valence-electron chi connectivity index (χ2n) is 7.37. The van der Waals surface area contributed by atoms with Gasteiger partial charge in [0.05, 0.1) is 18.7 Å². The van der Waals surface area contributed by atoms with Gasteiger partial charge < -0.3 is 31.9 Å². The van der Waals surface area contributed by atoms with Gasteiger partial charge in [-0.25, -0.2) is 4.79 Å². The first kappa shape index (κ1) is 25.1. The zero-order valence-corrected chi connectivity index (χ0v) is 17.3. The van der Waals surface area contributed by atoms with E-state index in [4.69, 9.17) is 5.73 Å². The van der Waals surface area contributed by atoms with Gasteiger partial charge in [-0.15, -0.1) is 0 Å². The molecule has 10 heteroatoms. The van der Waals surface area contributed by atoms with Crippen molar-refractivity contribution < 1.29 is 29.4 Å². The third kappa shape index (κ3) is 8.18. The lowest BCUT2D eigenvalue weighted by molar-refractivity contribution is -0.144. The standard InChI is InChI=1S/C20H30N4O6/c1-11(2)16(20(29)30)24-19(28)17(12(3)25)23-15(26)10-22-18(27)14(21)9-13-7-5-4-6-8-13/h4-8,11-12,14,16-17,25H,9-10,21H2,1-3H3,(H,22,27)(H,23,26)(H,24,28)(H,29,30). The van der Waals surface area contributed by atoms with Crippen molar-refractivity contribution in [3.63, 3.8) is 0 Å². The molecule has 1 aromatic carbocycles. The van der Waals surface area contributed by atoms with Crippen LogP contribution >= 0.6 is 0 Å². The fraction of sp³-hybridized carbons (Fsp3) is 0.500.